The van der Waals surface area contributed by atoms with Gasteiger partial charge in [-0.2, -0.15) is 0 Å². The molecule has 0 aliphatic heterocycles. The molecule has 0 aliphatic rings. The van der Waals surface area contributed by atoms with Gasteiger partial charge in [-0.05, 0) is 77.0 Å². The molecular weight excluding hydrogens is 806 g/mol. The number of nitrogens with zero attached hydrogens (tertiary/aromatic N) is 1. The molecule has 0 saturated carbocycles. The molecule has 0 heterocycles. The van der Waals surface area contributed by atoms with Gasteiger partial charge in [0.15, 0.2) is 6.10 Å². The minimum atomic E-state index is -4.43. The summed E-state index contributed by atoms with van der Waals surface area (Å²) in [5.41, 5.74) is 0. The van der Waals surface area contributed by atoms with E-state index in [1.54, 1.807) is 36.5 Å². The van der Waals surface area contributed by atoms with Gasteiger partial charge < -0.3 is 29.1 Å². The maximum atomic E-state index is 12.7. The zero-order chi connectivity index (χ0) is 46.0. The highest BCUT2D eigenvalue weighted by molar-refractivity contribution is 7.47. The Balaban J connectivity index is 4.63. The number of likely N-dealkylation sites (N-methyl/N-ethyl adjacent to an activating group) is 1. The molecule has 12 heteroatoms. The Morgan fingerprint density at radius 2 is 1.13 bits per heavy atom. The number of hydrogen-bond donors (Lipinski definition) is 3. The highest BCUT2D eigenvalue weighted by Crippen LogP contribution is 2.43. The van der Waals surface area contributed by atoms with Crippen LogP contribution < -0.4 is 0 Å². The predicted octanol–water partition coefficient (Wildman–Crippen LogP) is 11.1. The van der Waals surface area contributed by atoms with E-state index in [0.29, 0.717) is 43.1 Å². The SMILES string of the molecule is CC/C=C\C[C@@H](O)/C=C/C=C\C=C\[C@@H](O)C/C=C\C/C=C\CCC(=O)OC[C@H](COP(=O)(O)OCC[N+](C)(C)C)OC(=O)CCCCCC/C=C\C/C=C\C/C=C\CCCCC. The smallest absolute Gasteiger partial charge is 0.462 e. The lowest BCUT2D eigenvalue weighted by Gasteiger charge is -2.24. The lowest BCUT2D eigenvalue weighted by Crippen LogP contribution is -2.37. The van der Waals surface area contributed by atoms with Crippen molar-refractivity contribution in [2.24, 2.45) is 0 Å². The number of phosphoric acid groups is 1. The molecule has 3 N–H and O–H groups in total. The van der Waals surface area contributed by atoms with Crippen LogP contribution in [-0.2, 0) is 32.7 Å². The third kappa shape index (κ3) is 43.2. The zero-order valence-electron chi connectivity index (χ0n) is 38.8. The Bertz CT molecular complexity index is 1450. The lowest BCUT2D eigenvalue weighted by molar-refractivity contribution is -0.870. The van der Waals surface area contributed by atoms with Gasteiger partial charge in [-0.25, -0.2) is 4.57 Å². The Morgan fingerprint density at radius 3 is 1.71 bits per heavy atom. The van der Waals surface area contributed by atoms with E-state index < -0.39 is 44.7 Å². The number of hydrogen-bond acceptors (Lipinski definition) is 9. The second-order valence-electron chi connectivity index (χ2n) is 16.1. The Kier molecular flexibility index (Phi) is 38.1. The van der Waals surface area contributed by atoms with Crippen LogP contribution in [0.15, 0.2) is 109 Å². The number of carbonyl (C=O) groups excluding carboxylic acids is 2. The van der Waals surface area contributed by atoms with Gasteiger partial charge in [0.25, 0.3) is 0 Å². The van der Waals surface area contributed by atoms with Crippen LogP contribution in [-0.4, -0.2) is 97.3 Å². The second-order valence-corrected chi connectivity index (χ2v) is 17.6. The van der Waals surface area contributed by atoms with Gasteiger partial charge in [0.2, 0.25) is 0 Å². The van der Waals surface area contributed by atoms with E-state index in [1.807, 2.05) is 64.5 Å². The second kappa shape index (κ2) is 40.4. The molecule has 0 radical (unpaired) electrons. The number of esters is 2. The summed E-state index contributed by atoms with van der Waals surface area (Å²) in [6, 6.07) is 0. The van der Waals surface area contributed by atoms with Crippen LogP contribution in [0, 0.1) is 0 Å². The first-order valence-electron chi connectivity index (χ1n) is 22.8. The van der Waals surface area contributed by atoms with Crippen LogP contribution >= 0.6 is 7.82 Å². The van der Waals surface area contributed by atoms with Gasteiger partial charge in [-0.1, -0.05) is 149 Å². The van der Waals surface area contributed by atoms with Crippen molar-refractivity contribution < 1.29 is 52.3 Å². The molecule has 0 fully saturated rings. The summed E-state index contributed by atoms with van der Waals surface area (Å²) in [7, 11) is 1.34. The van der Waals surface area contributed by atoms with Crippen molar-refractivity contribution in [1.29, 1.82) is 0 Å². The molecule has 0 aliphatic carbocycles. The van der Waals surface area contributed by atoms with Crippen molar-refractivity contribution in [3.05, 3.63) is 109 Å². The van der Waals surface area contributed by atoms with E-state index in [9.17, 15) is 29.3 Å². The maximum absolute atomic E-state index is 12.7. The monoisotopic (exact) mass is 889 g/mol. The van der Waals surface area contributed by atoms with Crippen LogP contribution in [0.1, 0.15) is 129 Å². The minimum Gasteiger partial charge on any atom is -0.462 e. The minimum absolute atomic E-state index is 0.00899. The van der Waals surface area contributed by atoms with Gasteiger partial charge in [0.1, 0.15) is 19.8 Å². The van der Waals surface area contributed by atoms with Crippen LogP contribution in [0.2, 0.25) is 0 Å². The first-order chi connectivity index (χ1) is 29.8. The zero-order valence-corrected chi connectivity index (χ0v) is 39.7. The van der Waals surface area contributed by atoms with Crippen molar-refractivity contribution >= 4 is 19.8 Å². The van der Waals surface area contributed by atoms with Crippen LogP contribution in [0.4, 0.5) is 0 Å². The Hall–Kier alpha value is -3.41. The number of aliphatic hydroxyl groups is 2. The first kappa shape index (κ1) is 58.6. The van der Waals surface area contributed by atoms with Crippen molar-refractivity contribution in [3.8, 4) is 0 Å². The summed E-state index contributed by atoms with van der Waals surface area (Å²) < 4.78 is 34.1. The molecule has 4 atom stereocenters. The Morgan fingerprint density at radius 1 is 0.597 bits per heavy atom. The van der Waals surface area contributed by atoms with Crippen molar-refractivity contribution in [2.45, 2.75) is 148 Å². The molecule has 352 valence electrons. The number of ether oxygens (including phenoxy) is 2. The average molecular weight is 889 g/mol. The summed E-state index contributed by atoms with van der Waals surface area (Å²) in [5.74, 6) is -1.00. The number of rotatable bonds is 39. The normalized spacial score (nSPS) is 15.5. The first-order valence-corrected chi connectivity index (χ1v) is 24.3. The predicted molar refractivity (Wildman–Crippen MR) is 254 cm³/mol. The van der Waals surface area contributed by atoms with E-state index in [4.69, 9.17) is 18.5 Å². The van der Waals surface area contributed by atoms with E-state index in [2.05, 4.69) is 43.4 Å². The van der Waals surface area contributed by atoms with E-state index >= 15 is 0 Å². The summed E-state index contributed by atoms with van der Waals surface area (Å²) in [6.07, 6.45) is 47.8. The topological polar surface area (TPSA) is 149 Å². The fourth-order valence-corrected chi connectivity index (χ4v) is 6.08. The molecule has 0 aromatic heterocycles. The van der Waals surface area contributed by atoms with Crippen molar-refractivity contribution in [2.75, 3.05) is 47.5 Å². The van der Waals surface area contributed by atoms with Gasteiger partial charge in [0.05, 0.1) is 40.0 Å². The van der Waals surface area contributed by atoms with Crippen LogP contribution in [0.25, 0.3) is 0 Å². The van der Waals surface area contributed by atoms with E-state index in [-0.39, 0.29) is 26.1 Å². The molecule has 11 nitrogen and oxygen atoms in total. The van der Waals surface area contributed by atoms with Crippen LogP contribution in [0.5, 0.6) is 0 Å². The standard InChI is InChI=1S/C50H82NO10P/c1-6-8-10-11-12-13-14-15-16-17-18-19-20-21-22-27-35-41-50(55)61-48(45-60-62(56,57)59-43-42-51(3,4)5)44-58-49(54)40-34-26-24-23-25-31-37-47(53)39-33-29-28-32-38-46(52)36-30-9-7-2/h9,12-13,15-16,18-19,24-26,28-33,38-39,46-48,52-53H,6-8,10-11,14,17,20-23,27,34-37,40-45H2,1-5H3/p+1/b13-12-,16-15-,19-18-,26-24-,29-28-,30-9-,31-25-,38-32+,39-33+/t46-,47+,48-/m1/s1. The largest absolute Gasteiger partial charge is 0.472 e. The lowest BCUT2D eigenvalue weighted by atomic mass is 10.1. The average Bonchev–Trinajstić information content (AvgIpc) is 3.21. The van der Waals surface area contributed by atoms with Crippen molar-refractivity contribution in [1.82, 2.24) is 0 Å². The number of allylic oxidation sites excluding steroid dienone is 14. The molecule has 0 rings (SSSR count). The molecule has 0 bridgehead atoms. The third-order valence-corrected chi connectivity index (χ3v) is 9.95. The molecule has 62 heavy (non-hydrogen) atoms. The highest BCUT2D eigenvalue weighted by atomic mass is 31.2. The fourth-order valence-electron chi connectivity index (χ4n) is 5.34. The highest BCUT2D eigenvalue weighted by Gasteiger charge is 2.27. The van der Waals surface area contributed by atoms with Gasteiger partial charge in [-0.3, -0.25) is 18.6 Å². The summed E-state index contributed by atoms with van der Waals surface area (Å²) in [5, 5.41) is 20.0. The molecule has 1 unspecified atom stereocenters. The van der Waals surface area contributed by atoms with E-state index in [1.165, 1.54) is 19.3 Å². The summed E-state index contributed by atoms with van der Waals surface area (Å²) in [6.45, 7) is 3.94. The fraction of sp³-hybridized carbons (Fsp3) is 0.600. The molecule has 0 saturated heterocycles. The quantitative estimate of drug-likeness (QED) is 0.0136. The number of aliphatic hydroxyl groups excluding tert-OH is 2. The number of unbranched alkanes of at least 4 members (excludes halogenated alkanes) is 7. The number of quaternary nitrogens is 1. The third-order valence-electron chi connectivity index (χ3n) is 8.97. The Labute approximate surface area is 375 Å². The molecule has 0 aromatic carbocycles. The van der Waals surface area contributed by atoms with Gasteiger partial charge in [-0.15, -0.1) is 0 Å². The summed E-state index contributed by atoms with van der Waals surface area (Å²) >= 11 is 0. The molecule has 0 aromatic rings. The van der Waals surface area contributed by atoms with Crippen LogP contribution in [0.3, 0.4) is 0 Å². The van der Waals surface area contributed by atoms with Gasteiger partial charge in [0, 0.05) is 12.8 Å². The van der Waals surface area contributed by atoms with Crippen molar-refractivity contribution in [3.63, 3.8) is 0 Å². The molecule has 0 spiro atoms. The summed E-state index contributed by atoms with van der Waals surface area (Å²) in [4.78, 5) is 35.4. The van der Waals surface area contributed by atoms with E-state index in [0.717, 1.165) is 51.4 Å². The van der Waals surface area contributed by atoms with Gasteiger partial charge >= 0.3 is 19.8 Å². The molecule has 0 amide bonds. The maximum Gasteiger partial charge on any atom is 0.472 e. The molecular formula is C50H83NO10P+. The number of phosphoric ester groups is 1. The number of carbonyl (C=O) groups is 2.